The Morgan fingerprint density at radius 3 is 2.44 bits per heavy atom. The zero-order chi connectivity index (χ0) is 12.8. The van der Waals surface area contributed by atoms with Gasteiger partial charge in [0.15, 0.2) is 0 Å². The second-order valence-electron chi connectivity index (χ2n) is 5.03. The number of carbonyl (C=O) groups excluding carboxylic acids is 1. The molecule has 18 heavy (non-hydrogen) atoms. The van der Waals surface area contributed by atoms with Crippen LogP contribution in [0.25, 0.3) is 0 Å². The fraction of sp³-hybridized carbons (Fsp3) is 0.533. The van der Waals surface area contributed by atoms with Gasteiger partial charge in [0, 0.05) is 13.0 Å². The lowest BCUT2D eigenvalue weighted by Crippen LogP contribution is -2.16. The lowest BCUT2D eigenvalue weighted by Gasteiger charge is -2.20. The molecule has 1 saturated carbocycles. The molecular formula is C15H21NO2. The number of carbonyl (C=O) groups is 1. The molecule has 0 aliphatic heterocycles. The van der Waals surface area contributed by atoms with Crippen molar-refractivity contribution in [3.8, 4) is 5.75 Å². The van der Waals surface area contributed by atoms with Gasteiger partial charge in [-0.1, -0.05) is 31.4 Å². The minimum absolute atomic E-state index is 0.109. The SMILES string of the molecule is NCc1ccc(OC(=O)CC2CCCCC2)cc1. The van der Waals surface area contributed by atoms with Crippen molar-refractivity contribution in [3.63, 3.8) is 0 Å². The maximum absolute atomic E-state index is 11.8. The van der Waals surface area contributed by atoms with Crippen LogP contribution in [0.1, 0.15) is 44.1 Å². The highest BCUT2D eigenvalue weighted by Gasteiger charge is 2.18. The molecule has 3 nitrogen and oxygen atoms in total. The van der Waals surface area contributed by atoms with E-state index in [-0.39, 0.29) is 5.97 Å². The van der Waals surface area contributed by atoms with Crippen molar-refractivity contribution < 1.29 is 9.53 Å². The molecule has 0 bridgehead atoms. The molecule has 0 heterocycles. The van der Waals surface area contributed by atoms with Crippen molar-refractivity contribution in [1.82, 2.24) is 0 Å². The van der Waals surface area contributed by atoms with Crippen LogP contribution in [0.2, 0.25) is 0 Å². The van der Waals surface area contributed by atoms with Crippen molar-refractivity contribution in [1.29, 1.82) is 0 Å². The van der Waals surface area contributed by atoms with Gasteiger partial charge < -0.3 is 10.5 Å². The topological polar surface area (TPSA) is 52.3 Å². The molecule has 0 spiro atoms. The maximum Gasteiger partial charge on any atom is 0.311 e. The molecule has 0 amide bonds. The third-order valence-corrected chi connectivity index (χ3v) is 3.57. The van der Waals surface area contributed by atoms with Crippen molar-refractivity contribution in [2.24, 2.45) is 11.7 Å². The zero-order valence-corrected chi connectivity index (χ0v) is 10.7. The van der Waals surface area contributed by atoms with Crippen LogP contribution in [0.4, 0.5) is 0 Å². The van der Waals surface area contributed by atoms with E-state index in [0.717, 1.165) is 5.56 Å². The van der Waals surface area contributed by atoms with Gasteiger partial charge in [0.2, 0.25) is 0 Å². The summed E-state index contributed by atoms with van der Waals surface area (Å²) in [6.07, 6.45) is 6.71. The van der Waals surface area contributed by atoms with E-state index < -0.39 is 0 Å². The molecule has 0 atom stereocenters. The molecule has 1 aromatic carbocycles. The minimum atomic E-state index is -0.109. The number of esters is 1. The molecule has 2 N–H and O–H groups in total. The first-order valence-corrected chi connectivity index (χ1v) is 6.77. The van der Waals surface area contributed by atoms with Crippen LogP contribution in [0.15, 0.2) is 24.3 Å². The number of benzene rings is 1. The number of hydrogen-bond donors (Lipinski definition) is 1. The summed E-state index contributed by atoms with van der Waals surface area (Å²) in [5.41, 5.74) is 6.56. The van der Waals surface area contributed by atoms with Gasteiger partial charge in [0.05, 0.1) is 0 Å². The van der Waals surface area contributed by atoms with Crippen molar-refractivity contribution >= 4 is 5.97 Å². The van der Waals surface area contributed by atoms with Crippen LogP contribution in [0, 0.1) is 5.92 Å². The van der Waals surface area contributed by atoms with Crippen LogP contribution in [-0.2, 0) is 11.3 Å². The Kier molecular flexibility index (Phi) is 4.76. The summed E-state index contributed by atoms with van der Waals surface area (Å²) in [6.45, 7) is 0.510. The monoisotopic (exact) mass is 247 g/mol. The van der Waals surface area contributed by atoms with E-state index in [1.165, 1.54) is 32.1 Å². The molecule has 98 valence electrons. The van der Waals surface area contributed by atoms with E-state index in [1.807, 2.05) is 12.1 Å². The highest BCUT2D eigenvalue weighted by atomic mass is 16.5. The maximum atomic E-state index is 11.8. The van der Waals surface area contributed by atoms with Gasteiger partial charge in [-0.05, 0) is 36.5 Å². The number of ether oxygens (including phenoxy) is 1. The van der Waals surface area contributed by atoms with E-state index >= 15 is 0 Å². The molecule has 0 unspecified atom stereocenters. The molecule has 0 saturated heterocycles. The van der Waals surface area contributed by atoms with E-state index in [1.54, 1.807) is 12.1 Å². The predicted octanol–water partition coefficient (Wildman–Crippen LogP) is 3.02. The third kappa shape index (κ3) is 3.84. The summed E-state index contributed by atoms with van der Waals surface area (Å²) in [6, 6.07) is 7.40. The van der Waals surface area contributed by atoms with Crippen molar-refractivity contribution in [3.05, 3.63) is 29.8 Å². The molecule has 2 rings (SSSR count). The fourth-order valence-electron chi connectivity index (χ4n) is 2.49. The largest absolute Gasteiger partial charge is 0.427 e. The molecule has 1 aliphatic rings. The Labute approximate surface area is 108 Å². The Hall–Kier alpha value is -1.35. The standard InChI is InChI=1S/C15H21NO2/c16-11-13-6-8-14(9-7-13)18-15(17)10-12-4-2-1-3-5-12/h6-9,12H,1-5,10-11,16H2. The van der Waals surface area contributed by atoms with Gasteiger partial charge in [-0.2, -0.15) is 0 Å². The van der Waals surface area contributed by atoms with Gasteiger partial charge in [0.25, 0.3) is 0 Å². The number of hydrogen-bond acceptors (Lipinski definition) is 3. The highest BCUT2D eigenvalue weighted by Crippen LogP contribution is 2.26. The first-order valence-electron chi connectivity index (χ1n) is 6.77. The summed E-state index contributed by atoms with van der Waals surface area (Å²) in [5.74, 6) is 1.03. The lowest BCUT2D eigenvalue weighted by molar-refractivity contribution is -0.135. The molecular weight excluding hydrogens is 226 g/mol. The van der Waals surface area contributed by atoms with Crippen molar-refractivity contribution in [2.75, 3.05) is 0 Å². The van der Waals surface area contributed by atoms with Crippen LogP contribution in [-0.4, -0.2) is 5.97 Å². The lowest BCUT2D eigenvalue weighted by atomic mass is 9.87. The molecule has 3 heteroatoms. The quantitative estimate of drug-likeness (QED) is 0.657. The third-order valence-electron chi connectivity index (χ3n) is 3.57. The summed E-state index contributed by atoms with van der Waals surface area (Å²) >= 11 is 0. The van der Waals surface area contributed by atoms with Gasteiger partial charge in [0.1, 0.15) is 5.75 Å². The van der Waals surface area contributed by atoms with E-state index in [4.69, 9.17) is 10.5 Å². The second kappa shape index (κ2) is 6.55. The Balaban J connectivity index is 1.82. The molecule has 1 aromatic rings. The molecule has 1 fully saturated rings. The summed E-state index contributed by atoms with van der Waals surface area (Å²) < 4.78 is 5.34. The van der Waals surface area contributed by atoms with Crippen molar-refractivity contribution in [2.45, 2.75) is 45.1 Å². The van der Waals surface area contributed by atoms with Gasteiger partial charge >= 0.3 is 5.97 Å². The highest BCUT2D eigenvalue weighted by molar-refractivity contribution is 5.72. The van der Waals surface area contributed by atoms with Crippen LogP contribution in [0.3, 0.4) is 0 Å². The number of rotatable bonds is 4. The predicted molar refractivity (Wildman–Crippen MR) is 71.2 cm³/mol. The average Bonchev–Trinajstić information content (AvgIpc) is 2.40. The summed E-state index contributed by atoms with van der Waals surface area (Å²) in [5, 5.41) is 0. The summed E-state index contributed by atoms with van der Waals surface area (Å²) in [7, 11) is 0. The summed E-state index contributed by atoms with van der Waals surface area (Å²) in [4.78, 5) is 11.8. The fourth-order valence-corrected chi connectivity index (χ4v) is 2.49. The van der Waals surface area contributed by atoms with E-state index in [9.17, 15) is 4.79 Å². The van der Waals surface area contributed by atoms with Crippen LogP contribution >= 0.6 is 0 Å². The van der Waals surface area contributed by atoms with Crippen LogP contribution < -0.4 is 10.5 Å². The average molecular weight is 247 g/mol. The normalized spacial score (nSPS) is 16.5. The second-order valence-corrected chi connectivity index (χ2v) is 5.03. The smallest absolute Gasteiger partial charge is 0.311 e. The number of nitrogens with two attached hydrogens (primary N) is 1. The van der Waals surface area contributed by atoms with E-state index in [2.05, 4.69) is 0 Å². The first kappa shape index (κ1) is 13.1. The Morgan fingerprint density at radius 1 is 1.17 bits per heavy atom. The Morgan fingerprint density at radius 2 is 1.83 bits per heavy atom. The molecule has 0 radical (unpaired) electrons. The van der Waals surface area contributed by atoms with Crippen LogP contribution in [0.5, 0.6) is 5.75 Å². The zero-order valence-electron chi connectivity index (χ0n) is 10.7. The van der Waals surface area contributed by atoms with Gasteiger partial charge in [-0.15, -0.1) is 0 Å². The minimum Gasteiger partial charge on any atom is -0.427 e. The molecule has 0 aromatic heterocycles. The molecule has 1 aliphatic carbocycles. The first-order chi connectivity index (χ1) is 8.78. The Bertz CT molecular complexity index is 380. The van der Waals surface area contributed by atoms with Gasteiger partial charge in [-0.3, -0.25) is 4.79 Å². The van der Waals surface area contributed by atoms with Gasteiger partial charge in [-0.25, -0.2) is 0 Å². The van der Waals surface area contributed by atoms with E-state index in [0.29, 0.717) is 24.6 Å².